The quantitative estimate of drug-likeness (QED) is 0.812. The van der Waals surface area contributed by atoms with Crippen molar-refractivity contribution in [2.45, 2.75) is 46.0 Å². The van der Waals surface area contributed by atoms with Crippen molar-refractivity contribution < 1.29 is 4.79 Å². The molecule has 2 aromatic rings. The van der Waals surface area contributed by atoms with Crippen molar-refractivity contribution >= 4 is 34.8 Å². The molecule has 0 aliphatic carbocycles. The molecule has 1 amide bonds. The van der Waals surface area contributed by atoms with Crippen LogP contribution in [0.1, 0.15) is 47.5 Å². The van der Waals surface area contributed by atoms with E-state index in [4.69, 9.17) is 0 Å². The monoisotopic (exact) mass is 397 g/mol. The van der Waals surface area contributed by atoms with Gasteiger partial charge in [-0.15, -0.1) is 23.7 Å². The van der Waals surface area contributed by atoms with Gasteiger partial charge in [-0.2, -0.15) is 5.10 Å². The summed E-state index contributed by atoms with van der Waals surface area (Å²) in [4.78, 5) is 18.2. The number of thiazole rings is 1. The largest absolute Gasteiger partial charge is 0.317 e. The molecular formula is C18H28ClN5OS. The number of hydrogen-bond acceptors (Lipinski definition) is 5. The Hall–Kier alpha value is -1.44. The molecule has 0 radical (unpaired) electrons. The molecule has 1 saturated heterocycles. The SMILES string of the molecule is Cc1nn(C)c(C)c1CC(C)C(=O)Nc1ncc(C2CCNCC2)s1.Cl. The van der Waals surface area contributed by atoms with Crippen molar-refractivity contribution in [3.8, 4) is 0 Å². The molecule has 0 spiro atoms. The lowest BCUT2D eigenvalue weighted by atomic mass is 9.97. The van der Waals surface area contributed by atoms with E-state index in [1.54, 1.807) is 11.3 Å². The van der Waals surface area contributed by atoms with Crippen LogP contribution < -0.4 is 10.6 Å². The second kappa shape index (κ2) is 8.97. The van der Waals surface area contributed by atoms with Gasteiger partial charge >= 0.3 is 0 Å². The number of aromatic nitrogens is 3. The van der Waals surface area contributed by atoms with Gasteiger partial charge in [0.15, 0.2) is 5.13 Å². The maximum absolute atomic E-state index is 12.6. The molecule has 2 N–H and O–H groups in total. The lowest BCUT2D eigenvalue weighted by Gasteiger charge is -2.20. The standard InChI is InChI=1S/C18H27N5OS.ClH/c1-11(9-15-12(2)22-23(4)13(15)3)17(24)21-18-20-10-16(25-18)14-5-7-19-8-6-14;/h10-11,14,19H,5-9H2,1-4H3,(H,20,21,24);1H. The van der Waals surface area contributed by atoms with E-state index in [2.05, 4.69) is 20.7 Å². The summed E-state index contributed by atoms with van der Waals surface area (Å²) in [6.45, 7) is 8.13. The van der Waals surface area contributed by atoms with Crippen molar-refractivity contribution in [2.75, 3.05) is 18.4 Å². The van der Waals surface area contributed by atoms with Gasteiger partial charge in [0.1, 0.15) is 0 Å². The number of amides is 1. The number of carbonyl (C=O) groups excluding carboxylic acids is 1. The number of carbonyl (C=O) groups is 1. The Bertz CT molecular complexity index is 751. The van der Waals surface area contributed by atoms with Crippen LogP contribution in [0.25, 0.3) is 0 Å². The molecule has 3 heterocycles. The highest BCUT2D eigenvalue weighted by molar-refractivity contribution is 7.15. The first-order valence-corrected chi connectivity index (χ1v) is 9.73. The zero-order chi connectivity index (χ0) is 18.0. The highest BCUT2D eigenvalue weighted by atomic mass is 35.5. The summed E-state index contributed by atoms with van der Waals surface area (Å²) in [5.41, 5.74) is 3.29. The molecule has 1 fully saturated rings. The number of nitrogens with one attached hydrogen (secondary N) is 2. The van der Waals surface area contributed by atoms with Crippen molar-refractivity contribution in [3.05, 3.63) is 28.0 Å². The van der Waals surface area contributed by atoms with Crippen LogP contribution in [0, 0.1) is 19.8 Å². The average Bonchev–Trinajstić information content (AvgIpc) is 3.16. The van der Waals surface area contributed by atoms with E-state index >= 15 is 0 Å². The van der Waals surface area contributed by atoms with Crippen LogP contribution in [0.15, 0.2) is 6.20 Å². The molecule has 6 nitrogen and oxygen atoms in total. The van der Waals surface area contributed by atoms with E-state index in [0.717, 1.165) is 37.3 Å². The molecule has 0 saturated carbocycles. The smallest absolute Gasteiger partial charge is 0.229 e. The summed E-state index contributed by atoms with van der Waals surface area (Å²) in [6, 6.07) is 0. The minimum absolute atomic E-state index is 0. The number of rotatable bonds is 5. The van der Waals surface area contributed by atoms with Gasteiger partial charge < -0.3 is 10.6 Å². The van der Waals surface area contributed by atoms with Crippen LogP contribution in [0.3, 0.4) is 0 Å². The van der Waals surface area contributed by atoms with E-state index in [1.807, 2.05) is 38.7 Å². The van der Waals surface area contributed by atoms with Crippen LogP contribution in [-0.4, -0.2) is 33.8 Å². The second-order valence-electron chi connectivity index (χ2n) is 6.96. The summed E-state index contributed by atoms with van der Waals surface area (Å²) in [6.07, 6.45) is 4.91. The number of anilines is 1. The molecule has 2 aromatic heterocycles. The van der Waals surface area contributed by atoms with Crippen molar-refractivity contribution in [3.63, 3.8) is 0 Å². The first-order valence-electron chi connectivity index (χ1n) is 8.92. The summed E-state index contributed by atoms with van der Waals surface area (Å²) < 4.78 is 1.88. The Balaban J connectivity index is 0.00000243. The van der Waals surface area contributed by atoms with Crippen molar-refractivity contribution in [1.82, 2.24) is 20.1 Å². The van der Waals surface area contributed by atoms with Crippen LogP contribution in [-0.2, 0) is 18.3 Å². The number of hydrogen-bond donors (Lipinski definition) is 2. The summed E-state index contributed by atoms with van der Waals surface area (Å²) in [7, 11) is 1.94. The molecule has 26 heavy (non-hydrogen) atoms. The highest BCUT2D eigenvalue weighted by Crippen LogP contribution is 2.32. The lowest BCUT2D eigenvalue weighted by molar-refractivity contribution is -0.119. The van der Waals surface area contributed by atoms with E-state index in [9.17, 15) is 4.79 Å². The number of nitrogens with zero attached hydrogens (tertiary/aromatic N) is 3. The molecule has 8 heteroatoms. The van der Waals surface area contributed by atoms with Crippen LogP contribution in [0.4, 0.5) is 5.13 Å². The second-order valence-corrected chi connectivity index (χ2v) is 8.02. The molecular weight excluding hydrogens is 370 g/mol. The average molecular weight is 398 g/mol. The van der Waals surface area contributed by atoms with Gasteiger partial charge in [-0.1, -0.05) is 6.92 Å². The van der Waals surface area contributed by atoms with E-state index in [1.165, 1.54) is 10.4 Å². The highest BCUT2D eigenvalue weighted by Gasteiger charge is 2.21. The number of aryl methyl sites for hydroxylation is 2. The van der Waals surface area contributed by atoms with Crippen LogP contribution in [0.2, 0.25) is 0 Å². The fourth-order valence-corrected chi connectivity index (χ4v) is 4.37. The molecule has 3 rings (SSSR count). The zero-order valence-electron chi connectivity index (χ0n) is 15.8. The van der Waals surface area contributed by atoms with Gasteiger partial charge in [0, 0.05) is 29.7 Å². The van der Waals surface area contributed by atoms with Gasteiger partial charge in [-0.25, -0.2) is 4.98 Å². The predicted octanol–water partition coefficient (Wildman–Crippen LogP) is 3.20. The molecule has 1 atom stereocenters. The van der Waals surface area contributed by atoms with Crippen LogP contribution >= 0.6 is 23.7 Å². The third-order valence-corrected chi connectivity index (χ3v) is 6.19. The van der Waals surface area contributed by atoms with Crippen molar-refractivity contribution in [2.24, 2.45) is 13.0 Å². The van der Waals surface area contributed by atoms with Gasteiger partial charge in [-0.05, 0) is 57.7 Å². The maximum atomic E-state index is 12.6. The third kappa shape index (κ3) is 4.64. The Labute approximate surface area is 165 Å². The summed E-state index contributed by atoms with van der Waals surface area (Å²) in [5.74, 6) is 0.476. The molecule has 144 valence electrons. The normalized spacial score (nSPS) is 16.2. The van der Waals surface area contributed by atoms with E-state index in [-0.39, 0.29) is 24.2 Å². The summed E-state index contributed by atoms with van der Waals surface area (Å²) >= 11 is 1.61. The minimum Gasteiger partial charge on any atom is -0.317 e. The first kappa shape index (κ1) is 20.9. The number of piperidine rings is 1. The Morgan fingerprint density at radius 3 is 2.73 bits per heavy atom. The zero-order valence-corrected chi connectivity index (χ0v) is 17.5. The van der Waals surface area contributed by atoms with E-state index in [0.29, 0.717) is 17.5 Å². The van der Waals surface area contributed by atoms with Gasteiger partial charge in [0.25, 0.3) is 0 Å². The topological polar surface area (TPSA) is 71.8 Å². The Morgan fingerprint density at radius 2 is 2.12 bits per heavy atom. The van der Waals surface area contributed by atoms with Gasteiger partial charge in [0.05, 0.1) is 5.69 Å². The Morgan fingerprint density at radius 1 is 1.42 bits per heavy atom. The fraction of sp³-hybridized carbons (Fsp3) is 0.611. The van der Waals surface area contributed by atoms with Crippen LogP contribution in [0.5, 0.6) is 0 Å². The molecule has 1 aliphatic heterocycles. The lowest BCUT2D eigenvalue weighted by Crippen LogP contribution is -2.26. The maximum Gasteiger partial charge on any atom is 0.229 e. The third-order valence-electron chi connectivity index (χ3n) is 5.11. The van der Waals surface area contributed by atoms with Gasteiger partial charge in [0.2, 0.25) is 5.91 Å². The molecule has 0 bridgehead atoms. The first-order chi connectivity index (χ1) is 12.0. The van der Waals surface area contributed by atoms with E-state index < -0.39 is 0 Å². The van der Waals surface area contributed by atoms with Gasteiger partial charge in [-0.3, -0.25) is 9.48 Å². The fourth-order valence-electron chi connectivity index (χ4n) is 3.38. The predicted molar refractivity (Wildman–Crippen MR) is 108 cm³/mol. The van der Waals surface area contributed by atoms with Crippen molar-refractivity contribution in [1.29, 1.82) is 0 Å². The molecule has 0 aromatic carbocycles. The minimum atomic E-state index is -0.118. The molecule has 1 unspecified atom stereocenters. The number of halogens is 1. The Kier molecular flexibility index (Phi) is 7.20. The summed E-state index contributed by atoms with van der Waals surface area (Å²) in [5, 5.41) is 11.5. The molecule has 1 aliphatic rings.